The molecule has 0 atom stereocenters. The summed E-state index contributed by atoms with van der Waals surface area (Å²) in [6.07, 6.45) is -0.00128. The predicted molar refractivity (Wildman–Crippen MR) is 74.3 cm³/mol. The van der Waals surface area contributed by atoms with E-state index in [9.17, 15) is 9.59 Å². The third kappa shape index (κ3) is 2.51. The molecule has 0 aromatic heterocycles. The molecule has 0 unspecified atom stereocenters. The Hall–Kier alpha value is -2.66. The van der Waals surface area contributed by atoms with E-state index in [1.165, 1.54) is 0 Å². The Kier molecular flexibility index (Phi) is 3.41. The zero-order valence-corrected chi connectivity index (χ0v) is 11.1. The first-order chi connectivity index (χ1) is 10.2. The number of carbonyl (C=O) groups is 2. The molecule has 106 valence electrons. The Morgan fingerprint density at radius 1 is 1.19 bits per heavy atom. The van der Waals surface area contributed by atoms with Gasteiger partial charge in [-0.3, -0.25) is 14.8 Å². The van der Waals surface area contributed by atoms with Crippen LogP contribution in [0.2, 0.25) is 0 Å². The van der Waals surface area contributed by atoms with Gasteiger partial charge in [-0.15, -0.1) is 0 Å². The maximum Gasteiger partial charge on any atom is 0.247 e. The number of ketones is 1. The molecule has 1 heterocycles. The van der Waals surface area contributed by atoms with Crippen molar-refractivity contribution in [2.45, 2.75) is 13.0 Å². The summed E-state index contributed by atoms with van der Waals surface area (Å²) in [6, 6.07) is 12.3. The standard InChI is InChI=1S/C16H13NO4/c18-15(17-20)8-10-5-6-14-13(7-10)16(19)12-4-2-1-3-11(12)9-21-14/h1-7,20H,8-9H2,(H,17,18). The smallest absolute Gasteiger partial charge is 0.247 e. The van der Waals surface area contributed by atoms with E-state index in [-0.39, 0.29) is 12.2 Å². The van der Waals surface area contributed by atoms with E-state index in [1.807, 2.05) is 18.2 Å². The molecule has 0 radical (unpaired) electrons. The fraction of sp³-hybridized carbons (Fsp3) is 0.125. The second kappa shape index (κ2) is 5.38. The Labute approximate surface area is 121 Å². The van der Waals surface area contributed by atoms with Gasteiger partial charge in [0.15, 0.2) is 5.78 Å². The third-order valence-electron chi connectivity index (χ3n) is 3.42. The second-order valence-corrected chi connectivity index (χ2v) is 4.82. The van der Waals surface area contributed by atoms with Crippen LogP contribution in [0, 0.1) is 0 Å². The van der Waals surface area contributed by atoms with Crippen LogP contribution in [-0.4, -0.2) is 16.9 Å². The van der Waals surface area contributed by atoms with E-state index in [2.05, 4.69) is 0 Å². The van der Waals surface area contributed by atoms with Crippen LogP contribution in [0.3, 0.4) is 0 Å². The molecule has 5 nitrogen and oxygen atoms in total. The lowest BCUT2D eigenvalue weighted by atomic mass is 9.97. The topological polar surface area (TPSA) is 75.6 Å². The molecule has 2 aromatic rings. The van der Waals surface area contributed by atoms with Gasteiger partial charge >= 0.3 is 0 Å². The summed E-state index contributed by atoms with van der Waals surface area (Å²) in [7, 11) is 0. The van der Waals surface area contributed by atoms with Gasteiger partial charge in [-0.25, -0.2) is 5.48 Å². The van der Waals surface area contributed by atoms with Gasteiger partial charge in [-0.1, -0.05) is 30.3 Å². The van der Waals surface area contributed by atoms with E-state index >= 15 is 0 Å². The fourth-order valence-corrected chi connectivity index (χ4v) is 2.38. The van der Waals surface area contributed by atoms with Crippen LogP contribution in [0.25, 0.3) is 0 Å². The van der Waals surface area contributed by atoms with Gasteiger partial charge in [-0.05, 0) is 17.7 Å². The summed E-state index contributed by atoms with van der Waals surface area (Å²) < 4.78 is 5.66. The lowest BCUT2D eigenvalue weighted by Gasteiger charge is -2.08. The molecular formula is C16H13NO4. The number of ether oxygens (including phenoxy) is 1. The molecule has 1 aliphatic heterocycles. The lowest BCUT2D eigenvalue weighted by molar-refractivity contribution is -0.128. The van der Waals surface area contributed by atoms with Crippen LogP contribution in [0.15, 0.2) is 42.5 Å². The zero-order chi connectivity index (χ0) is 14.8. The largest absolute Gasteiger partial charge is 0.488 e. The van der Waals surface area contributed by atoms with Crippen LogP contribution in [0.5, 0.6) is 5.75 Å². The van der Waals surface area contributed by atoms with Gasteiger partial charge in [0.25, 0.3) is 0 Å². The first-order valence-electron chi connectivity index (χ1n) is 6.50. The molecule has 21 heavy (non-hydrogen) atoms. The molecule has 1 aliphatic rings. The Morgan fingerprint density at radius 3 is 2.81 bits per heavy atom. The van der Waals surface area contributed by atoms with E-state index in [0.29, 0.717) is 29.0 Å². The number of amides is 1. The fourth-order valence-electron chi connectivity index (χ4n) is 2.38. The van der Waals surface area contributed by atoms with Crippen molar-refractivity contribution in [3.8, 4) is 5.75 Å². The monoisotopic (exact) mass is 283 g/mol. The summed E-state index contributed by atoms with van der Waals surface area (Å²) in [4.78, 5) is 23.8. The van der Waals surface area contributed by atoms with E-state index < -0.39 is 5.91 Å². The van der Waals surface area contributed by atoms with Crippen molar-refractivity contribution >= 4 is 11.7 Å². The molecule has 0 spiro atoms. The van der Waals surface area contributed by atoms with Gasteiger partial charge in [0, 0.05) is 11.1 Å². The minimum Gasteiger partial charge on any atom is -0.488 e. The lowest BCUT2D eigenvalue weighted by Crippen LogP contribution is -2.20. The number of nitrogens with one attached hydrogen (secondary N) is 1. The van der Waals surface area contributed by atoms with Gasteiger partial charge in [0.2, 0.25) is 5.91 Å². The van der Waals surface area contributed by atoms with Crippen LogP contribution in [0.4, 0.5) is 0 Å². The molecule has 2 N–H and O–H groups in total. The minimum absolute atomic E-state index is 0.00128. The van der Waals surface area contributed by atoms with Crippen LogP contribution >= 0.6 is 0 Å². The van der Waals surface area contributed by atoms with E-state index in [4.69, 9.17) is 9.94 Å². The highest BCUT2D eigenvalue weighted by molar-refractivity contribution is 6.12. The normalized spacial score (nSPS) is 12.7. The minimum atomic E-state index is -0.530. The summed E-state index contributed by atoms with van der Waals surface area (Å²) in [5.74, 6) is -0.147. The van der Waals surface area contributed by atoms with Crippen molar-refractivity contribution in [2.24, 2.45) is 0 Å². The number of fused-ring (bicyclic) bond motifs is 2. The summed E-state index contributed by atoms with van der Waals surface area (Å²) in [5.41, 5.74) is 4.10. The van der Waals surface area contributed by atoms with E-state index in [1.54, 1.807) is 29.7 Å². The van der Waals surface area contributed by atoms with Gasteiger partial charge in [0.1, 0.15) is 12.4 Å². The number of hydroxylamine groups is 1. The number of hydrogen-bond acceptors (Lipinski definition) is 4. The number of carbonyl (C=O) groups excluding carboxylic acids is 2. The predicted octanol–water partition coefficient (Wildman–Crippen LogP) is 1.86. The SMILES string of the molecule is O=C(Cc1ccc2c(c1)C(=O)c1ccccc1CO2)NO. The highest BCUT2D eigenvalue weighted by atomic mass is 16.5. The van der Waals surface area contributed by atoms with Gasteiger partial charge in [0.05, 0.1) is 12.0 Å². The number of hydrogen-bond donors (Lipinski definition) is 2. The highest BCUT2D eigenvalue weighted by Crippen LogP contribution is 2.29. The first-order valence-corrected chi connectivity index (χ1v) is 6.50. The van der Waals surface area contributed by atoms with Crippen LogP contribution in [0.1, 0.15) is 27.0 Å². The van der Waals surface area contributed by atoms with Crippen molar-refractivity contribution in [1.82, 2.24) is 5.48 Å². The maximum atomic E-state index is 12.6. The number of rotatable bonds is 2. The molecule has 0 bridgehead atoms. The van der Waals surface area contributed by atoms with Crippen molar-refractivity contribution in [2.75, 3.05) is 0 Å². The Morgan fingerprint density at radius 2 is 2.00 bits per heavy atom. The van der Waals surface area contributed by atoms with Crippen LogP contribution < -0.4 is 10.2 Å². The van der Waals surface area contributed by atoms with Crippen molar-refractivity contribution in [3.63, 3.8) is 0 Å². The average molecular weight is 283 g/mol. The van der Waals surface area contributed by atoms with E-state index in [0.717, 1.165) is 5.56 Å². The Balaban J connectivity index is 2.02. The maximum absolute atomic E-state index is 12.6. The first kappa shape index (κ1) is 13.3. The number of benzene rings is 2. The zero-order valence-electron chi connectivity index (χ0n) is 11.1. The summed E-state index contributed by atoms with van der Waals surface area (Å²) in [6.45, 7) is 0.339. The summed E-state index contributed by atoms with van der Waals surface area (Å²) >= 11 is 0. The molecule has 0 aliphatic carbocycles. The summed E-state index contributed by atoms with van der Waals surface area (Å²) in [5, 5.41) is 8.57. The van der Waals surface area contributed by atoms with Gasteiger partial charge in [-0.2, -0.15) is 0 Å². The average Bonchev–Trinajstić information content (AvgIpc) is 2.65. The van der Waals surface area contributed by atoms with Crippen LogP contribution in [-0.2, 0) is 17.8 Å². The Bertz CT molecular complexity index is 724. The molecular weight excluding hydrogens is 270 g/mol. The molecule has 0 fully saturated rings. The van der Waals surface area contributed by atoms with Gasteiger partial charge < -0.3 is 4.74 Å². The quantitative estimate of drug-likeness (QED) is 0.651. The highest BCUT2D eigenvalue weighted by Gasteiger charge is 2.22. The molecule has 0 saturated heterocycles. The van der Waals surface area contributed by atoms with Crippen molar-refractivity contribution in [1.29, 1.82) is 0 Å². The molecule has 5 heteroatoms. The molecule has 0 saturated carbocycles. The molecule has 2 aromatic carbocycles. The molecule has 1 amide bonds. The third-order valence-corrected chi connectivity index (χ3v) is 3.42. The molecule has 3 rings (SSSR count). The second-order valence-electron chi connectivity index (χ2n) is 4.82. The van der Waals surface area contributed by atoms with Crippen molar-refractivity contribution in [3.05, 3.63) is 64.7 Å². The van der Waals surface area contributed by atoms with Crippen molar-refractivity contribution < 1.29 is 19.5 Å².